The molecule has 134 valence electrons. The van der Waals surface area contributed by atoms with Crippen molar-refractivity contribution in [2.75, 3.05) is 19.5 Å². The SMILES string of the molecule is COc1cc(OC)c(-c2cc(C(=O)Nc3c(F)cccc3F)[nH]n2)cn1. The largest absolute Gasteiger partial charge is 0.496 e. The number of nitrogens with one attached hydrogen (secondary N) is 2. The molecule has 0 unspecified atom stereocenters. The molecule has 0 aliphatic heterocycles. The summed E-state index contributed by atoms with van der Waals surface area (Å²) in [5.74, 6) is -1.70. The number of pyridine rings is 1. The lowest BCUT2D eigenvalue weighted by atomic mass is 10.2. The number of halogens is 2. The second-order valence-electron chi connectivity index (χ2n) is 5.14. The average Bonchev–Trinajstić information content (AvgIpc) is 3.14. The Morgan fingerprint density at radius 3 is 2.54 bits per heavy atom. The molecule has 26 heavy (non-hydrogen) atoms. The van der Waals surface area contributed by atoms with Crippen LogP contribution in [0.5, 0.6) is 11.6 Å². The van der Waals surface area contributed by atoms with Gasteiger partial charge in [-0.1, -0.05) is 6.07 Å². The molecule has 0 spiro atoms. The van der Waals surface area contributed by atoms with E-state index in [2.05, 4.69) is 20.5 Å². The first kappa shape index (κ1) is 17.3. The number of carbonyl (C=O) groups is 1. The first-order valence-corrected chi connectivity index (χ1v) is 7.42. The van der Waals surface area contributed by atoms with Crippen molar-refractivity contribution in [2.24, 2.45) is 0 Å². The Balaban J connectivity index is 1.87. The molecule has 0 aliphatic carbocycles. The summed E-state index contributed by atoms with van der Waals surface area (Å²) in [5, 5.41) is 8.72. The van der Waals surface area contributed by atoms with Gasteiger partial charge in [-0.2, -0.15) is 5.10 Å². The summed E-state index contributed by atoms with van der Waals surface area (Å²) in [6, 6.07) is 6.28. The van der Waals surface area contributed by atoms with E-state index < -0.39 is 23.2 Å². The second-order valence-corrected chi connectivity index (χ2v) is 5.14. The van der Waals surface area contributed by atoms with Gasteiger partial charge < -0.3 is 14.8 Å². The zero-order chi connectivity index (χ0) is 18.7. The van der Waals surface area contributed by atoms with Gasteiger partial charge in [0.15, 0.2) is 0 Å². The zero-order valence-corrected chi connectivity index (χ0v) is 13.8. The van der Waals surface area contributed by atoms with Crippen molar-refractivity contribution in [3.8, 4) is 22.9 Å². The first-order chi connectivity index (χ1) is 12.5. The van der Waals surface area contributed by atoms with Gasteiger partial charge in [-0.05, 0) is 18.2 Å². The van der Waals surface area contributed by atoms with Gasteiger partial charge in [0.05, 0.1) is 25.5 Å². The van der Waals surface area contributed by atoms with Crippen molar-refractivity contribution in [3.05, 3.63) is 53.9 Å². The fourth-order valence-corrected chi connectivity index (χ4v) is 2.27. The van der Waals surface area contributed by atoms with Crippen LogP contribution in [-0.2, 0) is 0 Å². The van der Waals surface area contributed by atoms with Gasteiger partial charge in [0.1, 0.15) is 28.8 Å². The third-order valence-corrected chi connectivity index (χ3v) is 3.57. The predicted molar refractivity (Wildman–Crippen MR) is 89.2 cm³/mol. The Bertz CT molecular complexity index is 939. The van der Waals surface area contributed by atoms with Crippen molar-refractivity contribution in [1.29, 1.82) is 0 Å². The van der Waals surface area contributed by atoms with Crippen LogP contribution in [0, 0.1) is 11.6 Å². The van der Waals surface area contributed by atoms with Gasteiger partial charge in [-0.15, -0.1) is 0 Å². The monoisotopic (exact) mass is 360 g/mol. The van der Waals surface area contributed by atoms with Gasteiger partial charge in [0, 0.05) is 12.3 Å². The van der Waals surface area contributed by atoms with Crippen LogP contribution < -0.4 is 14.8 Å². The molecule has 0 atom stereocenters. The highest BCUT2D eigenvalue weighted by Gasteiger charge is 2.18. The van der Waals surface area contributed by atoms with E-state index in [1.54, 1.807) is 6.07 Å². The van der Waals surface area contributed by atoms with E-state index in [9.17, 15) is 13.6 Å². The van der Waals surface area contributed by atoms with E-state index in [0.29, 0.717) is 22.9 Å². The topological polar surface area (TPSA) is 89.1 Å². The fraction of sp³-hybridized carbons (Fsp3) is 0.118. The summed E-state index contributed by atoms with van der Waals surface area (Å²) in [7, 11) is 2.94. The highest BCUT2D eigenvalue weighted by atomic mass is 19.1. The maximum atomic E-state index is 13.6. The van der Waals surface area contributed by atoms with Crippen LogP contribution in [0.15, 0.2) is 36.5 Å². The molecule has 3 rings (SSSR count). The molecule has 1 aromatic carbocycles. The normalized spacial score (nSPS) is 10.5. The second kappa shape index (κ2) is 7.18. The molecule has 0 saturated heterocycles. The van der Waals surface area contributed by atoms with Gasteiger partial charge in [0.2, 0.25) is 5.88 Å². The number of hydrogen-bond acceptors (Lipinski definition) is 5. The van der Waals surface area contributed by atoms with Gasteiger partial charge >= 0.3 is 0 Å². The minimum Gasteiger partial charge on any atom is -0.496 e. The van der Waals surface area contributed by atoms with Crippen molar-refractivity contribution < 1.29 is 23.0 Å². The van der Waals surface area contributed by atoms with Crippen LogP contribution in [-0.4, -0.2) is 35.3 Å². The molecule has 2 N–H and O–H groups in total. The quantitative estimate of drug-likeness (QED) is 0.730. The molecule has 9 heteroatoms. The standard InChI is InChI=1S/C17H14F2N4O3/c1-25-14-7-15(26-2)20-8-9(14)12-6-13(23-22-12)17(24)21-16-10(18)4-3-5-11(16)19/h3-8H,1-2H3,(H,21,24)(H,22,23). The molecule has 3 aromatic rings. The lowest BCUT2D eigenvalue weighted by Crippen LogP contribution is -2.14. The lowest BCUT2D eigenvalue weighted by Gasteiger charge is -2.07. The van der Waals surface area contributed by atoms with Crippen molar-refractivity contribution in [2.45, 2.75) is 0 Å². The van der Waals surface area contributed by atoms with Crippen molar-refractivity contribution in [3.63, 3.8) is 0 Å². The highest BCUT2D eigenvalue weighted by Crippen LogP contribution is 2.31. The van der Waals surface area contributed by atoms with Crippen LogP contribution in [0.4, 0.5) is 14.5 Å². The van der Waals surface area contributed by atoms with Crippen LogP contribution in [0.1, 0.15) is 10.5 Å². The molecular formula is C17H14F2N4O3. The summed E-state index contributed by atoms with van der Waals surface area (Å²) in [6.07, 6.45) is 1.48. The van der Waals surface area contributed by atoms with E-state index in [1.807, 2.05) is 0 Å². The van der Waals surface area contributed by atoms with E-state index >= 15 is 0 Å². The molecular weight excluding hydrogens is 346 g/mol. The summed E-state index contributed by atoms with van der Waals surface area (Å²) >= 11 is 0. The summed E-state index contributed by atoms with van der Waals surface area (Å²) in [5.41, 5.74) is 0.370. The summed E-state index contributed by atoms with van der Waals surface area (Å²) < 4.78 is 37.6. The molecule has 0 fully saturated rings. The Labute approximate surface area is 147 Å². The summed E-state index contributed by atoms with van der Waals surface area (Å²) in [6.45, 7) is 0. The number of anilines is 1. The van der Waals surface area contributed by atoms with Gasteiger partial charge in [-0.3, -0.25) is 9.89 Å². The zero-order valence-electron chi connectivity index (χ0n) is 13.8. The smallest absolute Gasteiger partial charge is 0.273 e. The van der Waals surface area contributed by atoms with E-state index in [-0.39, 0.29) is 5.69 Å². The third-order valence-electron chi connectivity index (χ3n) is 3.57. The lowest BCUT2D eigenvalue weighted by molar-refractivity contribution is 0.102. The molecule has 2 heterocycles. The van der Waals surface area contributed by atoms with Crippen LogP contribution >= 0.6 is 0 Å². The van der Waals surface area contributed by atoms with Crippen LogP contribution in [0.25, 0.3) is 11.3 Å². The highest BCUT2D eigenvalue weighted by molar-refractivity contribution is 6.03. The minimum atomic E-state index is -0.876. The summed E-state index contributed by atoms with van der Waals surface area (Å²) in [4.78, 5) is 16.3. The molecule has 0 bridgehead atoms. The number of H-pyrrole nitrogens is 1. The number of nitrogens with zero attached hydrogens (tertiary/aromatic N) is 2. The van der Waals surface area contributed by atoms with Crippen LogP contribution in [0.2, 0.25) is 0 Å². The number of aromatic nitrogens is 3. The number of methoxy groups -OCH3 is 2. The van der Waals surface area contributed by atoms with E-state index in [4.69, 9.17) is 9.47 Å². The number of carbonyl (C=O) groups excluding carboxylic acids is 1. The minimum absolute atomic E-state index is 0.0144. The van der Waals surface area contributed by atoms with Crippen molar-refractivity contribution >= 4 is 11.6 Å². The van der Waals surface area contributed by atoms with Crippen molar-refractivity contribution in [1.82, 2.24) is 15.2 Å². The molecule has 0 radical (unpaired) electrons. The number of amides is 1. The molecule has 2 aromatic heterocycles. The Morgan fingerprint density at radius 2 is 1.88 bits per heavy atom. The van der Waals surface area contributed by atoms with E-state index in [1.165, 1.54) is 32.5 Å². The average molecular weight is 360 g/mol. The van der Waals surface area contributed by atoms with Crippen LogP contribution in [0.3, 0.4) is 0 Å². The first-order valence-electron chi connectivity index (χ1n) is 7.42. The molecule has 7 nitrogen and oxygen atoms in total. The Hall–Kier alpha value is -3.49. The third kappa shape index (κ3) is 3.32. The van der Waals surface area contributed by atoms with Gasteiger partial charge in [-0.25, -0.2) is 13.8 Å². The maximum Gasteiger partial charge on any atom is 0.273 e. The number of para-hydroxylation sites is 1. The Kier molecular flexibility index (Phi) is 4.78. The number of benzene rings is 1. The maximum absolute atomic E-state index is 13.6. The van der Waals surface area contributed by atoms with E-state index in [0.717, 1.165) is 12.1 Å². The fourth-order valence-electron chi connectivity index (χ4n) is 2.27. The number of rotatable bonds is 5. The molecule has 1 amide bonds. The Morgan fingerprint density at radius 1 is 1.15 bits per heavy atom. The molecule has 0 aliphatic rings. The predicted octanol–water partition coefficient (Wildman–Crippen LogP) is 3.02. The number of aromatic amines is 1. The number of ether oxygens (including phenoxy) is 2. The number of hydrogen-bond donors (Lipinski definition) is 2. The molecule has 0 saturated carbocycles. The van der Waals surface area contributed by atoms with Gasteiger partial charge in [0.25, 0.3) is 5.91 Å².